The first kappa shape index (κ1) is 28.6. The second kappa shape index (κ2) is 13.1. The van der Waals surface area contributed by atoms with Gasteiger partial charge < -0.3 is 15.7 Å². The summed E-state index contributed by atoms with van der Waals surface area (Å²) in [4.78, 5) is 17.3. The van der Waals surface area contributed by atoms with E-state index in [0.29, 0.717) is 23.0 Å². The Balaban J connectivity index is 1.42. The van der Waals surface area contributed by atoms with Crippen molar-refractivity contribution in [1.29, 1.82) is 0 Å². The van der Waals surface area contributed by atoms with Crippen LogP contribution in [0.3, 0.4) is 0 Å². The van der Waals surface area contributed by atoms with Crippen molar-refractivity contribution >= 4 is 23.4 Å². The van der Waals surface area contributed by atoms with Crippen molar-refractivity contribution in [3.05, 3.63) is 88.2 Å². The minimum atomic E-state index is -1.01. The normalized spacial score (nSPS) is 13.0. The lowest BCUT2D eigenvalue weighted by atomic mass is 10.0. The molecule has 0 radical (unpaired) electrons. The first-order chi connectivity index (χ1) is 18.7. The van der Waals surface area contributed by atoms with Crippen molar-refractivity contribution in [3.8, 4) is 0 Å². The number of benzene rings is 2. The van der Waals surface area contributed by atoms with Crippen LogP contribution in [0.15, 0.2) is 53.7 Å². The van der Waals surface area contributed by atoms with Crippen molar-refractivity contribution in [2.75, 3.05) is 12.3 Å². The van der Waals surface area contributed by atoms with E-state index in [1.54, 1.807) is 4.40 Å². The first-order valence-electron chi connectivity index (χ1n) is 12.7. The van der Waals surface area contributed by atoms with Crippen LogP contribution in [0.2, 0.25) is 0 Å². The summed E-state index contributed by atoms with van der Waals surface area (Å²) in [6.45, 7) is 6.57. The summed E-state index contributed by atoms with van der Waals surface area (Å²) < 4.78 is 29.4. The van der Waals surface area contributed by atoms with Crippen molar-refractivity contribution in [3.63, 3.8) is 0 Å². The molecule has 206 valence electrons. The molecule has 0 spiro atoms. The summed E-state index contributed by atoms with van der Waals surface area (Å²) in [6.07, 6.45) is -0.0364. The van der Waals surface area contributed by atoms with Gasteiger partial charge in [-0.2, -0.15) is 0 Å². The molecule has 0 aliphatic carbocycles. The third-order valence-corrected chi connectivity index (χ3v) is 7.20. The van der Waals surface area contributed by atoms with Gasteiger partial charge in [-0.15, -0.1) is 10.2 Å². The van der Waals surface area contributed by atoms with Gasteiger partial charge >= 0.3 is 0 Å². The van der Waals surface area contributed by atoms with E-state index in [-0.39, 0.29) is 24.6 Å². The lowest BCUT2D eigenvalue weighted by Crippen LogP contribution is -2.49. The standard InChI is InChI=1S/C28H32F2N6O2S/c1-4-19-6-5-7-20(9-19)14-31-15-25(37)24(12-21-10-22(29)13-23(30)11-21)33-26(38)16-39-28-35-34-27-32-17(2)8-18(3)36(27)28/h5-11,13,24-25,31,37H,4,12,14-16H2,1-3H3,(H,33,38)/t24-,25+/m0/s1. The lowest BCUT2D eigenvalue weighted by Gasteiger charge is -2.25. The van der Waals surface area contributed by atoms with Crippen LogP contribution in [0.4, 0.5) is 8.78 Å². The topological polar surface area (TPSA) is 104 Å². The third kappa shape index (κ3) is 7.81. The number of fused-ring (bicyclic) bond motifs is 1. The lowest BCUT2D eigenvalue weighted by molar-refractivity contribution is -0.120. The number of carbonyl (C=O) groups excluding carboxylic acids is 1. The van der Waals surface area contributed by atoms with Gasteiger partial charge in [-0.05, 0) is 61.6 Å². The maximum atomic E-state index is 13.8. The quantitative estimate of drug-likeness (QED) is 0.230. The number of halogens is 2. The molecule has 0 saturated heterocycles. The van der Waals surface area contributed by atoms with Crippen LogP contribution in [0.25, 0.3) is 5.78 Å². The summed E-state index contributed by atoms with van der Waals surface area (Å²) in [6, 6.07) is 12.4. The number of aliphatic hydroxyl groups is 1. The number of hydrogen-bond donors (Lipinski definition) is 3. The predicted molar refractivity (Wildman–Crippen MR) is 147 cm³/mol. The molecule has 39 heavy (non-hydrogen) atoms. The van der Waals surface area contributed by atoms with E-state index >= 15 is 0 Å². The molecule has 2 atom stereocenters. The number of carbonyl (C=O) groups is 1. The van der Waals surface area contributed by atoms with E-state index < -0.39 is 23.8 Å². The average molecular weight is 555 g/mol. The summed E-state index contributed by atoms with van der Waals surface area (Å²) in [5.74, 6) is -1.33. The fourth-order valence-electron chi connectivity index (χ4n) is 4.40. The van der Waals surface area contributed by atoms with Crippen LogP contribution in [0.5, 0.6) is 0 Å². The SMILES string of the molecule is CCc1cccc(CNC[C@@H](O)[C@H](Cc2cc(F)cc(F)c2)NC(=O)CSc2nnc3nc(C)cc(C)n23)c1. The number of aryl methyl sites for hydroxylation is 3. The first-order valence-corrected chi connectivity index (χ1v) is 13.7. The Kier molecular flexibility index (Phi) is 9.60. The molecule has 2 aromatic carbocycles. The van der Waals surface area contributed by atoms with Crippen LogP contribution >= 0.6 is 11.8 Å². The van der Waals surface area contributed by atoms with E-state index in [2.05, 4.69) is 44.9 Å². The van der Waals surface area contributed by atoms with Gasteiger partial charge in [-0.3, -0.25) is 9.20 Å². The Morgan fingerprint density at radius 1 is 1.05 bits per heavy atom. The van der Waals surface area contributed by atoms with Crippen LogP contribution in [-0.2, 0) is 24.2 Å². The zero-order valence-corrected chi connectivity index (χ0v) is 22.9. The number of aromatic nitrogens is 4. The largest absolute Gasteiger partial charge is 0.390 e. The molecule has 0 unspecified atom stereocenters. The number of nitrogens with one attached hydrogen (secondary N) is 2. The highest BCUT2D eigenvalue weighted by atomic mass is 32.2. The van der Waals surface area contributed by atoms with E-state index in [4.69, 9.17) is 0 Å². The maximum absolute atomic E-state index is 13.8. The molecule has 0 aliphatic rings. The molecule has 8 nitrogen and oxygen atoms in total. The van der Waals surface area contributed by atoms with Gasteiger partial charge in [0.15, 0.2) is 5.16 Å². The summed E-state index contributed by atoms with van der Waals surface area (Å²) in [5, 5.41) is 25.8. The Hall–Kier alpha value is -3.41. The molecule has 0 saturated carbocycles. The van der Waals surface area contributed by atoms with E-state index in [1.165, 1.54) is 29.5 Å². The van der Waals surface area contributed by atoms with Crippen LogP contribution in [-0.4, -0.2) is 55.0 Å². The highest BCUT2D eigenvalue weighted by Crippen LogP contribution is 2.19. The molecular weight excluding hydrogens is 522 g/mol. The zero-order chi connectivity index (χ0) is 27.9. The van der Waals surface area contributed by atoms with Crippen molar-refractivity contribution in [1.82, 2.24) is 30.2 Å². The molecule has 11 heteroatoms. The summed E-state index contributed by atoms with van der Waals surface area (Å²) >= 11 is 1.19. The molecule has 2 heterocycles. The Labute approximate surface area is 230 Å². The minimum Gasteiger partial charge on any atom is -0.390 e. The van der Waals surface area contributed by atoms with Gasteiger partial charge in [0, 0.05) is 30.5 Å². The van der Waals surface area contributed by atoms with Gasteiger partial charge in [0.25, 0.3) is 5.78 Å². The zero-order valence-electron chi connectivity index (χ0n) is 22.1. The monoisotopic (exact) mass is 554 g/mol. The number of nitrogens with zero attached hydrogens (tertiary/aromatic N) is 4. The fraction of sp³-hybridized carbons (Fsp3) is 0.357. The Bertz CT molecular complexity index is 1430. The van der Waals surface area contributed by atoms with E-state index in [0.717, 1.165) is 29.4 Å². The van der Waals surface area contributed by atoms with Gasteiger partial charge in [-0.25, -0.2) is 13.8 Å². The van der Waals surface area contributed by atoms with E-state index in [9.17, 15) is 18.7 Å². The van der Waals surface area contributed by atoms with Crippen molar-refractivity contribution in [2.45, 2.75) is 57.5 Å². The van der Waals surface area contributed by atoms with Crippen LogP contribution in [0, 0.1) is 25.5 Å². The number of aliphatic hydroxyl groups excluding tert-OH is 1. The second-order valence-electron chi connectivity index (χ2n) is 9.47. The second-order valence-corrected chi connectivity index (χ2v) is 10.4. The van der Waals surface area contributed by atoms with Gasteiger partial charge in [-0.1, -0.05) is 43.0 Å². The summed E-state index contributed by atoms with van der Waals surface area (Å²) in [7, 11) is 0. The van der Waals surface area contributed by atoms with Crippen molar-refractivity contribution < 1.29 is 18.7 Å². The Morgan fingerprint density at radius 2 is 1.79 bits per heavy atom. The molecule has 4 rings (SSSR count). The minimum absolute atomic E-state index is 0.00603. The number of amides is 1. The smallest absolute Gasteiger partial charge is 0.256 e. The average Bonchev–Trinajstić information content (AvgIpc) is 3.29. The maximum Gasteiger partial charge on any atom is 0.256 e. The number of rotatable bonds is 12. The highest BCUT2D eigenvalue weighted by Gasteiger charge is 2.23. The molecule has 0 aliphatic heterocycles. The predicted octanol–water partition coefficient (Wildman–Crippen LogP) is 3.55. The van der Waals surface area contributed by atoms with Gasteiger partial charge in [0.1, 0.15) is 11.6 Å². The van der Waals surface area contributed by atoms with Gasteiger partial charge in [0.2, 0.25) is 5.91 Å². The summed E-state index contributed by atoms with van der Waals surface area (Å²) in [5.41, 5.74) is 4.33. The highest BCUT2D eigenvalue weighted by molar-refractivity contribution is 7.99. The molecule has 3 N–H and O–H groups in total. The molecule has 1 amide bonds. The fourth-order valence-corrected chi connectivity index (χ4v) is 5.20. The van der Waals surface area contributed by atoms with E-state index in [1.807, 2.05) is 32.0 Å². The molecular formula is C28H32F2N6O2S. The molecule has 4 aromatic rings. The Morgan fingerprint density at radius 3 is 2.54 bits per heavy atom. The number of hydrogen-bond acceptors (Lipinski definition) is 7. The number of thioether (sulfide) groups is 1. The molecule has 0 fully saturated rings. The van der Waals surface area contributed by atoms with Crippen LogP contribution < -0.4 is 10.6 Å². The van der Waals surface area contributed by atoms with Crippen LogP contribution in [0.1, 0.15) is 35.0 Å². The van der Waals surface area contributed by atoms with Crippen molar-refractivity contribution in [2.24, 2.45) is 0 Å². The third-order valence-electron chi connectivity index (χ3n) is 6.27. The molecule has 2 aromatic heterocycles. The molecule has 0 bridgehead atoms. The van der Waals surface area contributed by atoms with Gasteiger partial charge in [0.05, 0.1) is 17.9 Å².